The zero-order valence-corrected chi connectivity index (χ0v) is 19.1. The normalized spacial score (nSPS) is 16.7. The van der Waals surface area contributed by atoms with Crippen molar-refractivity contribution in [1.29, 1.82) is 0 Å². The third kappa shape index (κ3) is 4.83. The molecular weight excluding hydrogens is 352 g/mol. The van der Waals surface area contributed by atoms with E-state index < -0.39 is 8.32 Å². The highest BCUT2D eigenvalue weighted by Gasteiger charge is 2.59. The van der Waals surface area contributed by atoms with Crippen molar-refractivity contribution in [2.24, 2.45) is 5.92 Å². The Morgan fingerprint density at radius 3 is 2.11 bits per heavy atom. The molecule has 0 bridgehead atoms. The monoisotopic (exact) mass is 390 g/mol. The lowest BCUT2D eigenvalue weighted by Gasteiger charge is -2.52. The molecular formula is C23H38O3Si. The molecule has 1 aromatic rings. The van der Waals surface area contributed by atoms with Gasteiger partial charge in [0, 0.05) is 0 Å². The molecule has 4 heteroatoms. The van der Waals surface area contributed by atoms with Crippen LogP contribution in [0.4, 0.5) is 0 Å². The molecule has 0 aliphatic heterocycles. The van der Waals surface area contributed by atoms with E-state index in [0.717, 1.165) is 5.56 Å². The number of carbonyl (C=O) groups excluding carboxylic acids is 1. The van der Waals surface area contributed by atoms with Crippen molar-refractivity contribution in [3.63, 3.8) is 0 Å². The van der Waals surface area contributed by atoms with Crippen LogP contribution in [0.5, 0.6) is 0 Å². The summed E-state index contributed by atoms with van der Waals surface area (Å²) in [6, 6.07) is 9.73. The minimum absolute atomic E-state index is 0.0583. The first-order valence-corrected chi connectivity index (χ1v) is 12.7. The Hall–Kier alpha value is -1.13. The summed E-state index contributed by atoms with van der Waals surface area (Å²) >= 11 is 0. The van der Waals surface area contributed by atoms with Crippen LogP contribution < -0.4 is 0 Å². The van der Waals surface area contributed by atoms with Gasteiger partial charge in [-0.3, -0.25) is 0 Å². The number of hydrogen-bond acceptors (Lipinski definition) is 3. The molecule has 0 N–H and O–H groups in total. The second-order valence-corrected chi connectivity index (χ2v) is 14.7. The Balaban J connectivity index is 2.19. The van der Waals surface area contributed by atoms with Crippen LogP contribution in [0.2, 0.25) is 16.1 Å². The Morgan fingerprint density at radius 2 is 1.59 bits per heavy atom. The lowest BCUT2D eigenvalue weighted by molar-refractivity contribution is -0.224. The van der Waals surface area contributed by atoms with Crippen LogP contribution in [0.3, 0.4) is 0 Å². The summed E-state index contributed by atoms with van der Waals surface area (Å²) in [6.07, 6.45) is 6.75. The molecule has 1 aromatic carbocycles. The average molecular weight is 391 g/mol. The molecule has 1 fully saturated rings. The fraction of sp³-hybridized carbons (Fsp3) is 0.696. The van der Waals surface area contributed by atoms with Gasteiger partial charge in [-0.2, -0.15) is 0 Å². The molecule has 0 spiro atoms. The standard InChI is InChI=1S/C23H38O3Si/c1-18(2)27(19(3)4,23(5,6)21-15-11-8-12-16-21)26-25-22(24)17-20-13-9-7-10-14-20/h7,9-10,13-14,18-19,21H,8,11-12,15-17H2,1-6H3. The van der Waals surface area contributed by atoms with E-state index >= 15 is 0 Å². The molecule has 0 amide bonds. The third-order valence-electron chi connectivity index (χ3n) is 6.81. The molecule has 0 atom stereocenters. The van der Waals surface area contributed by atoms with E-state index in [9.17, 15) is 4.79 Å². The maximum absolute atomic E-state index is 12.5. The van der Waals surface area contributed by atoms with Gasteiger partial charge in [0.1, 0.15) is 0 Å². The Morgan fingerprint density at radius 1 is 1.04 bits per heavy atom. The minimum Gasteiger partial charge on any atom is -0.310 e. The number of hydrogen-bond donors (Lipinski definition) is 0. The van der Waals surface area contributed by atoms with Gasteiger partial charge in [0.25, 0.3) is 8.32 Å². The van der Waals surface area contributed by atoms with Crippen LogP contribution in [-0.2, 0) is 20.7 Å². The van der Waals surface area contributed by atoms with Gasteiger partial charge in [-0.1, -0.05) is 104 Å². The van der Waals surface area contributed by atoms with Gasteiger partial charge in [-0.05, 0) is 27.6 Å². The summed E-state index contributed by atoms with van der Waals surface area (Å²) in [5.41, 5.74) is 1.71. The Kier molecular flexibility index (Phi) is 7.70. The van der Waals surface area contributed by atoms with Crippen molar-refractivity contribution in [3.05, 3.63) is 35.9 Å². The fourth-order valence-electron chi connectivity index (χ4n) is 5.51. The number of carbonyl (C=O) groups is 1. The van der Waals surface area contributed by atoms with Crippen molar-refractivity contribution in [2.45, 2.75) is 96.2 Å². The van der Waals surface area contributed by atoms with Gasteiger partial charge < -0.3 is 4.89 Å². The second-order valence-electron chi connectivity index (χ2n) is 9.36. The molecule has 0 heterocycles. The zero-order valence-electron chi connectivity index (χ0n) is 18.1. The van der Waals surface area contributed by atoms with Crippen molar-refractivity contribution >= 4 is 14.3 Å². The van der Waals surface area contributed by atoms with E-state index in [2.05, 4.69) is 41.5 Å². The summed E-state index contributed by atoms with van der Waals surface area (Å²) in [5, 5.41) is 0.0583. The largest absolute Gasteiger partial charge is 0.345 e. The van der Waals surface area contributed by atoms with E-state index in [1.54, 1.807) is 0 Å². The van der Waals surface area contributed by atoms with E-state index in [1.165, 1.54) is 32.1 Å². The quantitative estimate of drug-likeness (QED) is 0.277. The molecule has 27 heavy (non-hydrogen) atoms. The lowest BCUT2D eigenvalue weighted by atomic mass is 9.81. The number of benzene rings is 1. The van der Waals surface area contributed by atoms with E-state index in [1.807, 2.05) is 30.3 Å². The minimum atomic E-state index is -2.39. The third-order valence-corrected chi connectivity index (χ3v) is 13.0. The second kappa shape index (κ2) is 9.38. The maximum Gasteiger partial charge on any atom is 0.345 e. The van der Waals surface area contributed by atoms with Crippen LogP contribution in [0.25, 0.3) is 0 Å². The Labute approximate surface area is 166 Å². The van der Waals surface area contributed by atoms with Crippen molar-refractivity contribution in [3.8, 4) is 0 Å². The summed E-state index contributed by atoms with van der Waals surface area (Å²) in [5.74, 6) is 0.356. The van der Waals surface area contributed by atoms with E-state index in [4.69, 9.17) is 9.46 Å². The average Bonchev–Trinajstić information content (AvgIpc) is 2.63. The highest BCUT2D eigenvalue weighted by molar-refractivity contribution is 6.79. The predicted molar refractivity (Wildman–Crippen MR) is 114 cm³/mol. The Bertz CT molecular complexity index is 581. The van der Waals surface area contributed by atoms with Crippen molar-refractivity contribution < 1.29 is 14.3 Å². The summed E-state index contributed by atoms with van der Waals surface area (Å²) < 4.78 is 6.29. The summed E-state index contributed by atoms with van der Waals surface area (Å²) in [7, 11) is -2.39. The summed E-state index contributed by atoms with van der Waals surface area (Å²) in [4.78, 5) is 18.0. The predicted octanol–water partition coefficient (Wildman–Crippen LogP) is 6.83. The van der Waals surface area contributed by atoms with Gasteiger partial charge in [0.15, 0.2) is 0 Å². The van der Waals surface area contributed by atoms with Gasteiger partial charge in [0.05, 0.1) is 6.42 Å². The van der Waals surface area contributed by atoms with Crippen LogP contribution in [0.15, 0.2) is 30.3 Å². The highest BCUT2D eigenvalue weighted by Crippen LogP contribution is 2.58. The number of rotatable bonds is 8. The molecule has 0 aromatic heterocycles. The van der Waals surface area contributed by atoms with Crippen molar-refractivity contribution in [1.82, 2.24) is 0 Å². The molecule has 1 saturated carbocycles. The molecule has 0 radical (unpaired) electrons. The molecule has 1 aliphatic carbocycles. The van der Waals surface area contributed by atoms with Crippen molar-refractivity contribution in [2.75, 3.05) is 0 Å². The fourth-order valence-corrected chi connectivity index (χ4v) is 11.6. The molecule has 152 valence electrons. The molecule has 1 aliphatic rings. The lowest BCUT2D eigenvalue weighted by Crippen LogP contribution is -2.56. The van der Waals surface area contributed by atoms with Crippen LogP contribution in [-0.4, -0.2) is 14.3 Å². The van der Waals surface area contributed by atoms with Gasteiger partial charge in [-0.25, -0.2) is 9.37 Å². The van der Waals surface area contributed by atoms with Crippen LogP contribution >= 0.6 is 0 Å². The van der Waals surface area contributed by atoms with Crippen LogP contribution in [0.1, 0.15) is 79.2 Å². The van der Waals surface area contributed by atoms with Gasteiger partial charge in [-0.15, -0.1) is 0 Å². The molecule has 3 nitrogen and oxygen atoms in total. The van der Waals surface area contributed by atoms with E-state index in [-0.39, 0.29) is 17.4 Å². The van der Waals surface area contributed by atoms with Gasteiger partial charge >= 0.3 is 5.97 Å². The maximum atomic E-state index is 12.5. The molecule has 2 rings (SSSR count). The highest BCUT2D eigenvalue weighted by atomic mass is 28.4. The topological polar surface area (TPSA) is 35.5 Å². The smallest absolute Gasteiger partial charge is 0.310 e. The zero-order chi connectivity index (χ0) is 20.1. The van der Waals surface area contributed by atoms with Gasteiger partial charge in [0.2, 0.25) is 0 Å². The SMILES string of the molecule is CC(C)[Si](OOC(=O)Cc1ccccc1)(C(C)C)C(C)(C)C1CCCCC1. The summed E-state index contributed by atoms with van der Waals surface area (Å²) in [6.45, 7) is 13.8. The van der Waals surface area contributed by atoms with Crippen LogP contribution in [0, 0.1) is 5.92 Å². The van der Waals surface area contributed by atoms with E-state index in [0.29, 0.717) is 17.0 Å². The first-order valence-electron chi connectivity index (χ1n) is 10.6. The first kappa shape index (κ1) is 22.2. The molecule has 0 saturated heterocycles. The molecule has 0 unspecified atom stereocenters. The first-order chi connectivity index (χ1) is 12.7.